The quantitative estimate of drug-likeness (QED) is 0.816. The lowest BCUT2D eigenvalue weighted by atomic mass is 10.0. The van der Waals surface area contributed by atoms with Crippen LogP contribution in [-0.2, 0) is 0 Å². The number of anilines is 1. The van der Waals surface area contributed by atoms with Crippen LogP contribution in [-0.4, -0.2) is 30.8 Å². The van der Waals surface area contributed by atoms with E-state index in [1.165, 1.54) is 12.8 Å². The second kappa shape index (κ2) is 4.66. The van der Waals surface area contributed by atoms with Crippen molar-refractivity contribution < 1.29 is 0 Å². The van der Waals surface area contributed by atoms with Crippen molar-refractivity contribution in [2.75, 3.05) is 4.90 Å². The van der Waals surface area contributed by atoms with Gasteiger partial charge in [0, 0.05) is 6.04 Å². The van der Waals surface area contributed by atoms with E-state index in [-0.39, 0.29) is 11.3 Å². The Hall–Kier alpha value is -1.69. The summed E-state index contributed by atoms with van der Waals surface area (Å²) in [5.41, 5.74) is 0.914. The standard InChI is InChI=1S/C14H17ClN6/c1-3-10-13-19-17-7-20(13)11-6-16-14(15)18-12(11)21(10)8(2)9-4-5-9/h6-10H,3-5H2,1-2H3/t8?,10-/m1/s1. The molecule has 2 atom stereocenters. The van der Waals surface area contributed by atoms with Crippen molar-refractivity contribution in [1.82, 2.24) is 24.7 Å². The lowest BCUT2D eigenvalue weighted by molar-refractivity contribution is 0.454. The SMILES string of the molecule is CC[C@@H]1c2nncn2-c2cnc(Cl)nc2N1C(C)C1CC1. The van der Waals surface area contributed by atoms with Gasteiger partial charge in [0.15, 0.2) is 11.6 Å². The Kier molecular flexibility index (Phi) is 2.89. The second-order valence-electron chi connectivity index (χ2n) is 5.82. The van der Waals surface area contributed by atoms with Gasteiger partial charge in [-0.05, 0) is 43.7 Å². The molecule has 1 saturated carbocycles. The summed E-state index contributed by atoms with van der Waals surface area (Å²) in [5.74, 6) is 2.59. The molecule has 0 aromatic carbocycles. The first-order valence-corrected chi connectivity index (χ1v) is 7.79. The maximum absolute atomic E-state index is 6.04. The van der Waals surface area contributed by atoms with Gasteiger partial charge in [-0.25, -0.2) is 4.98 Å². The highest BCUT2D eigenvalue weighted by Gasteiger charge is 2.41. The molecule has 1 aliphatic carbocycles. The van der Waals surface area contributed by atoms with E-state index in [0.29, 0.717) is 6.04 Å². The molecule has 0 radical (unpaired) electrons. The molecule has 2 aromatic rings. The fourth-order valence-electron chi connectivity index (χ4n) is 3.30. The summed E-state index contributed by atoms with van der Waals surface area (Å²) in [4.78, 5) is 11.0. The van der Waals surface area contributed by atoms with Gasteiger partial charge >= 0.3 is 0 Å². The topological polar surface area (TPSA) is 59.7 Å². The molecule has 1 aliphatic heterocycles. The fraction of sp³-hybridized carbons (Fsp3) is 0.571. The normalized spacial score (nSPS) is 21.9. The number of hydrogen-bond donors (Lipinski definition) is 0. The summed E-state index contributed by atoms with van der Waals surface area (Å²) in [7, 11) is 0. The first-order valence-electron chi connectivity index (χ1n) is 7.42. The first-order chi connectivity index (χ1) is 10.2. The Labute approximate surface area is 128 Å². The number of fused-ring (bicyclic) bond motifs is 3. The monoisotopic (exact) mass is 304 g/mol. The molecule has 6 nitrogen and oxygen atoms in total. The predicted molar refractivity (Wildman–Crippen MR) is 79.7 cm³/mol. The van der Waals surface area contributed by atoms with Gasteiger partial charge in [0.05, 0.1) is 12.2 Å². The van der Waals surface area contributed by atoms with Crippen LogP contribution in [0.25, 0.3) is 5.69 Å². The number of halogens is 1. The highest BCUT2D eigenvalue weighted by Crippen LogP contribution is 2.44. The van der Waals surface area contributed by atoms with E-state index < -0.39 is 0 Å². The van der Waals surface area contributed by atoms with Gasteiger partial charge in [-0.3, -0.25) is 4.57 Å². The van der Waals surface area contributed by atoms with E-state index in [9.17, 15) is 0 Å². The highest BCUT2D eigenvalue weighted by atomic mass is 35.5. The third-order valence-electron chi connectivity index (χ3n) is 4.56. The van der Waals surface area contributed by atoms with Crippen LogP contribution in [0.2, 0.25) is 5.28 Å². The molecule has 2 aromatic heterocycles. The first kappa shape index (κ1) is 13.0. The predicted octanol–water partition coefficient (Wildman–Crippen LogP) is 2.78. The van der Waals surface area contributed by atoms with Crippen molar-refractivity contribution in [2.45, 2.75) is 45.2 Å². The van der Waals surface area contributed by atoms with E-state index in [0.717, 1.165) is 29.7 Å². The van der Waals surface area contributed by atoms with Crippen molar-refractivity contribution in [1.29, 1.82) is 0 Å². The van der Waals surface area contributed by atoms with Gasteiger partial charge in [0.25, 0.3) is 0 Å². The van der Waals surface area contributed by atoms with Crippen molar-refractivity contribution >= 4 is 17.4 Å². The fourth-order valence-corrected chi connectivity index (χ4v) is 3.42. The molecule has 0 saturated heterocycles. The Balaban J connectivity index is 1.91. The van der Waals surface area contributed by atoms with Crippen LogP contribution in [0.15, 0.2) is 12.5 Å². The van der Waals surface area contributed by atoms with Crippen LogP contribution < -0.4 is 4.90 Å². The minimum Gasteiger partial charge on any atom is -0.341 e. The average Bonchev–Trinajstić information content (AvgIpc) is 3.22. The van der Waals surface area contributed by atoms with E-state index >= 15 is 0 Å². The summed E-state index contributed by atoms with van der Waals surface area (Å²) < 4.78 is 1.98. The summed E-state index contributed by atoms with van der Waals surface area (Å²) in [6.45, 7) is 4.44. The lowest BCUT2D eigenvalue weighted by Crippen LogP contribution is -2.42. The van der Waals surface area contributed by atoms with E-state index in [1.54, 1.807) is 12.5 Å². The molecule has 0 bridgehead atoms. The molecule has 1 unspecified atom stereocenters. The number of nitrogens with zero attached hydrogens (tertiary/aromatic N) is 6. The van der Waals surface area contributed by atoms with Crippen LogP contribution in [0.1, 0.15) is 45.0 Å². The number of rotatable bonds is 3. The summed E-state index contributed by atoms with van der Waals surface area (Å²) in [5, 5.41) is 8.69. The lowest BCUT2D eigenvalue weighted by Gasteiger charge is -2.40. The zero-order valence-corrected chi connectivity index (χ0v) is 12.8. The Bertz CT molecular complexity index is 680. The van der Waals surface area contributed by atoms with E-state index in [1.807, 2.05) is 4.57 Å². The molecule has 0 N–H and O–H groups in total. The third kappa shape index (κ3) is 1.92. The smallest absolute Gasteiger partial charge is 0.224 e. The second-order valence-corrected chi connectivity index (χ2v) is 6.15. The molecule has 21 heavy (non-hydrogen) atoms. The van der Waals surface area contributed by atoms with Crippen molar-refractivity contribution in [3.05, 3.63) is 23.6 Å². The van der Waals surface area contributed by atoms with Crippen molar-refractivity contribution in [3.8, 4) is 5.69 Å². The maximum atomic E-state index is 6.04. The van der Waals surface area contributed by atoms with Gasteiger partial charge in [0.2, 0.25) is 5.28 Å². The molecule has 110 valence electrons. The minimum atomic E-state index is 0.182. The highest BCUT2D eigenvalue weighted by molar-refractivity contribution is 6.28. The van der Waals surface area contributed by atoms with Gasteiger partial charge in [-0.15, -0.1) is 10.2 Å². The summed E-state index contributed by atoms with van der Waals surface area (Å²) >= 11 is 6.04. The van der Waals surface area contributed by atoms with Crippen LogP contribution in [0.5, 0.6) is 0 Å². The maximum Gasteiger partial charge on any atom is 0.224 e. The Morgan fingerprint density at radius 3 is 2.95 bits per heavy atom. The molecule has 7 heteroatoms. The zero-order chi connectivity index (χ0) is 14.6. The van der Waals surface area contributed by atoms with Crippen LogP contribution in [0, 0.1) is 5.92 Å². The summed E-state index contributed by atoms with van der Waals surface area (Å²) in [6, 6.07) is 0.603. The minimum absolute atomic E-state index is 0.182. The van der Waals surface area contributed by atoms with Crippen molar-refractivity contribution in [2.24, 2.45) is 5.92 Å². The van der Waals surface area contributed by atoms with E-state index in [4.69, 9.17) is 11.6 Å². The zero-order valence-electron chi connectivity index (χ0n) is 12.1. The largest absolute Gasteiger partial charge is 0.341 e. The van der Waals surface area contributed by atoms with Gasteiger partial charge in [0.1, 0.15) is 12.0 Å². The third-order valence-corrected chi connectivity index (χ3v) is 4.74. The molecule has 0 spiro atoms. The Morgan fingerprint density at radius 1 is 1.43 bits per heavy atom. The van der Waals surface area contributed by atoms with E-state index in [2.05, 4.69) is 38.9 Å². The van der Waals surface area contributed by atoms with Gasteiger partial charge in [-0.2, -0.15) is 4.98 Å². The Morgan fingerprint density at radius 2 is 2.24 bits per heavy atom. The number of hydrogen-bond acceptors (Lipinski definition) is 5. The van der Waals surface area contributed by atoms with Gasteiger partial charge in [-0.1, -0.05) is 6.92 Å². The molecule has 3 heterocycles. The molecular formula is C14H17ClN6. The summed E-state index contributed by atoms with van der Waals surface area (Å²) in [6.07, 6.45) is 7.02. The molecule has 0 amide bonds. The molecular weight excluding hydrogens is 288 g/mol. The molecule has 1 fully saturated rings. The van der Waals surface area contributed by atoms with Gasteiger partial charge < -0.3 is 4.90 Å². The molecule has 4 rings (SSSR count). The van der Waals surface area contributed by atoms with Crippen LogP contribution in [0.4, 0.5) is 5.82 Å². The average molecular weight is 305 g/mol. The van der Waals surface area contributed by atoms with Crippen LogP contribution in [0.3, 0.4) is 0 Å². The van der Waals surface area contributed by atoms with Crippen molar-refractivity contribution in [3.63, 3.8) is 0 Å². The molecule has 2 aliphatic rings. The van der Waals surface area contributed by atoms with Crippen LogP contribution >= 0.6 is 11.6 Å². The number of aromatic nitrogens is 5.